The number of benzene rings is 1. The highest BCUT2D eigenvalue weighted by molar-refractivity contribution is 5.58. The van der Waals surface area contributed by atoms with E-state index in [0.717, 1.165) is 23.4 Å². The second-order valence-electron chi connectivity index (χ2n) is 4.82. The molecule has 0 bridgehead atoms. The first kappa shape index (κ1) is 14.3. The summed E-state index contributed by atoms with van der Waals surface area (Å²) >= 11 is 0. The molecule has 1 aromatic carbocycles. The zero-order valence-electron chi connectivity index (χ0n) is 11.5. The summed E-state index contributed by atoms with van der Waals surface area (Å²) in [5, 5.41) is 14.4. The summed E-state index contributed by atoms with van der Waals surface area (Å²) in [4.78, 5) is 3.96. The van der Waals surface area contributed by atoms with Crippen LogP contribution in [0.3, 0.4) is 0 Å². The third-order valence-corrected chi connectivity index (χ3v) is 3.37. The highest BCUT2D eigenvalue weighted by Crippen LogP contribution is 2.22. The van der Waals surface area contributed by atoms with Gasteiger partial charge in [0.15, 0.2) is 11.6 Å². The Labute approximate surface area is 125 Å². The lowest BCUT2D eigenvalue weighted by atomic mass is 10.1. The Kier molecular flexibility index (Phi) is 3.93. The summed E-state index contributed by atoms with van der Waals surface area (Å²) in [5.41, 5.74) is 2.02. The first-order valence-electron chi connectivity index (χ1n) is 6.70. The first-order chi connectivity index (χ1) is 10.6. The van der Waals surface area contributed by atoms with Gasteiger partial charge in [-0.1, -0.05) is 6.07 Å². The maximum absolute atomic E-state index is 13.2. The lowest BCUT2D eigenvalue weighted by Crippen LogP contribution is -2.11. The Bertz CT molecular complexity index is 774. The van der Waals surface area contributed by atoms with E-state index in [2.05, 4.69) is 10.1 Å². The normalized spacial score (nSPS) is 12.3. The van der Waals surface area contributed by atoms with Crippen LogP contribution in [0.4, 0.5) is 8.78 Å². The standard InChI is InChI=1S/C16H13F2N3O/c17-13-2-1-12(9-14(13)18)16(22)10-21-15(5-8-20-21)11-3-6-19-7-4-11/h1-9,16,22H,10H2. The fraction of sp³-hybridized carbons (Fsp3) is 0.125. The predicted octanol–water partition coefficient (Wildman–Crippen LogP) is 2.96. The number of aliphatic hydroxyl groups excluding tert-OH is 1. The van der Waals surface area contributed by atoms with E-state index >= 15 is 0 Å². The highest BCUT2D eigenvalue weighted by Gasteiger charge is 2.14. The molecule has 2 aromatic heterocycles. The average Bonchev–Trinajstić information content (AvgIpc) is 2.99. The van der Waals surface area contributed by atoms with Crippen molar-refractivity contribution in [1.82, 2.24) is 14.8 Å². The van der Waals surface area contributed by atoms with Crippen LogP contribution in [0.25, 0.3) is 11.3 Å². The lowest BCUT2D eigenvalue weighted by Gasteiger charge is -2.14. The van der Waals surface area contributed by atoms with E-state index in [1.807, 2.05) is 18.2 Å². The Balaban J connectivity index is 1.85. The number of nitrogens with zero attached hydrogens (tertiary/aromatic N) is 3. The second-order valence-corrected chi connectivity index (χ2v) is 4.82. The van der Waals surface area contributed by atoms with Gasteiger partial charge in [0.05, 0.1) is 18.3 Å². The SMILES string of the molecule is OC(Cn1nccc1-c1ccncc1)c1ccc(F)c(F)c1. The fourth-order valence-electron chi connectivity index (χ4n) is 2.23. The van der Waals surface area contributed by atoms with Gasteiger partial charge in [0.2, 0.25) is 0 Å². The van der Waals surface area contributed by atoms with Crippen LogP contribution in [0.15, 0.2) is 55.0 Å². The number of pyridine rings is 1. The third-order valence-electron chi connectivity index (χ3n) is 3.37. The largest absolute Gasteiger partial charge is 0.386 e. The number of halogens is 2. The van der Waals surface area contributed by atoms with E-state index in [9.17, 15) is 13.9 Å². The van der Waals surface area contributed by atoms with Crippen molar-refractivity contribution in [2.24, 2.45) is 0 Å². The number of aliphatic hydroxyl groups is 1. The van der Waals surface area contributed by atoms with E-state index in [1.54, 1.807) is 23.3 Å². The molecule has 1 atom stereocenters. The van der Waals surface area contributed by atoms with Crippen molar-refractivity contribution in [2.45, 2.75) is 12.6 Å². The van der Waals surface area contributed by atoms with Crippen molar-refractivity contribution in [3.63, 3.8) is 0 Å². The minimum atomic E-state index is -0.990. The average molecular weight is 301 g/mol. The molecule has 3 rings (SSSR count). The van der Waals surface area contributed by atoms with E-state index in [-0.39, 0.29) is 6.54 Å². The molecular formula is C16H13F2N3O. The van der Waals surface area contributed by atoms with Gasteiger partial charge in [-0.05, 0) is 35.9 Å². The third kappa shape index (κ3) is 2.87. The predicted molar refractivity (Wildman–Crippen MR) is 76.8 cm³/mol. The minimum absolute atomic E-state index is 0.135. The number of aromatic nitrogens is 3. The molecule has 6 heteroatoms. The Hall–Kier alpha value is -2.60. The minimum Gasteiger partial charge on any atom is -0.386 e. The summed E-state index contributed by atoms with van der Waals surface area (Å²) < 4.78 is 27.8. The van der Waals surface area contributed by atoms with Gasteiger partial charge in [0.1, 0.15) is 0 Å². The molecule has 1 N–H and O–H groups in total. The summed E-state index contributed by atoms with van der Waals surface area (Å²) in [5.74, 6) is -1.92. The first-order valence-corrected chi connectivity index (χ1v) is 6.70. The van der Waals surface area contributed by atoms with Gasteiger partial charge in [0, 0.05) is 24.2 Å². The molecule has 22 heavy (non-hydrogen) atoms. The molecule has 0 fully saturated rings. The second kappa shape index (κ2) is 6.03. The number of rotatable bonds is 4. The van der Waals surface area contributed by atoms with Crippen molar-refractivity contribution in [3.8, 4) is 11.3 Å². The van der Waals surface area contributed by atoms with Gasteiger partial charge in [-0.25, -0.2) is 8.78 Å². The fourth-order valence-corrected chi connectivity index (χ4v) is 2.23. The zero-order chi connectivity index (χ0) is 15.5. The molecule has 0 radical (unpaired) electrons. The molecule has 0 aliphatic heterocycles. The van der Waals surface area contributed by atoms with Crippen molar-refractivity contribution in [3.05, 3.63) is 72.2 Å². The molecule has 0 saturated carbocycles. The Morgan fingerprint density at radius 3 is 2.50 bits per heavy atom. The number of hydrogen-bond acceptors (Lipinski definition) is 3. The van der Waals surface area contributed by atoms with Gasteiger partial charge in [-0.3, -0.25) is 9.67 Å². The monoisotopic (exact) mass is 301 g/mol. The van der Waals surface area contributed by atoms with Crippen molar-refractivity contribution < 1.29 is 13.9 Å². The summed E-state index contributed by atoms with van der Waals surface area (Å²) in [6.45, 7) is 0.135. The molecule has 0 aliphatic carbocycles. The van der Waals surface area contributed by atoms with E-state index in [1.165, 1.54) is 6.07 Å². The number of hydrogen-bond donors (Lipinski definition) is 1. The van der Waals surface area contributed by atoms with Crippen LogP contribution in [0.2, 0.25) is 0 Å². The van der Waals surface area contributed by atoms with E-state index < -0.39 is 17.7 Å². The molecule has 112 valence electrons. The molecule has 0 amide bonds. The summed E-state index contributed by atoms with van der Waals surface area (Å²) in [7, 11) is 0. The molecule has 1 unspecified atom stereocenters. The van der Waals surface area contributed by atoms with Gasteiger partial charge >= 0.3 is 0 Å². The van der Waals surface area contributed by atoms with Gasteiger partial charge < -0.3 is 5.11 Å². The van der Waals surface area contributed by atoms with Crippen molar-refractivity contribution in [2.75, 3.05) is 0 Å². The van der Waals surface area contributed by atoms with Crippen LogP contribution >= 0.6 is 0 Å². The zero-order valence-corrected chi connectivity index (χ0v) is 11.5. The molecular weight excluding hydrogens is 288 g/mol. The van der Waals surface area contributed by atoms with Gasteiger partial charge in [-0.2, -0.15) is 5.10 Å². The van der Waals surface area contributed by atoms with Crippen LogP contribution < -0.4 is 0 Å². The summed E-state index contributed by atoms with van der Waals surface area (Å²) in [6, 6.07) is 8.83. The lowest BCUT2D eigenvalue weighted by molar-refractivity contribution is 0.151. The molecule has 0 saturated heterocycles. The Morgan fingerprint density at radius 1 is 1.00 bits per heavy atom. The molecule has 0 aliphatic rings. The van der Waals surface area contributed by atoms with Crippen LogP contribution in [0.5, 0.6) is 0 Å². The maximum Gasteiger partial charge on any atom is 0.159 e. The van der Waals surface area contributed by atoms with Crippen LogP contribution in [0, 0.1) is 11.6 Å². The van der Waals surface area contributed by atoms with Crippen molar-refractivity contribution in [1.29, 1.82) is 0 Å². The van der Waals surface area contributed by atoms with Crippen LogP contribution in [-0.4, -0.2) is 19.9 Å². The topological polar surface area (TPSA) is 50.9 Å². The van der Waals surface area contributed by atoms with Crippen molar-refractivity contribution >= 4 is 0 Å². The molecule has 3 aromatic rings. The highest BCUT2D eigenvalue weighted by atomic mass is 19.2. The maximum atomic E-state index is 13.2. The van der Waals surface area contributed by atoms with E-state index in [4.69, 9.17) is 0 Å². The van der Waals surface area contributed by atoms with E-state index in [0.29, 0.717) is 5.56 Å². The quantitative estimate of drug-likeness (QED) is 0.806. The smallest absolute Gasteiger partial charge is 0.159 e. The van der Waals surface area contributed by atoms with Gasteiger partial charge in [0.25, 0.3) is 0 Å². The van der Waals surface area contributed by atoms with Crippen LogP contribution in [-0.2, 0) is 6.54 Å². The molecule has 2 heterocycles. The van der Waals surface area contributed by atoms with Crippen LogP contribution in [0.1, 0.15) is 11.7 Å². The molecule has 0 spiro atoms. The van der Waals surface area contributed by atoms with Gasteiger partial charge in [-0.15, -0.1) is 0 Å². The molecule has 4 nitrogen and oxygen atoms in total. The summed E-state index contributed by atoms with van der Waals surface area (Å²) in [6.07, 6.45) is 3.96. The Morgan fingerprint density at radius 2 is 1.77 bits per heavy atom.